The number of carbonyl (C=O) groups excluding carboxylic acids is 1. The minimum atomic E-state index is -0.0402. The highest BCUT2D eigenvalue weighted by atomic mass is 16.5. The smallest absolute Gasteiger partial charge is 0.226 e. The lowest BCUT2D eigenvalue weighted by molar-refractivity contribution is -0.137. The van der Waals surface area contributed by atoms with E-state index in [1.165, 1.54) is 19.3 Å². The second-order valence-corrected chi connectivity index (χ2v) is 8.46. The molecule has 5 rings (SSSR count). The number of carbonyl (C=O) groups is 1. The van der Waals surface area contributed by atoms with Gasteiger partial charge in [0.2, 0.25) is 11.8 Å². The number of ether oxygens (including phenoxy) is 1. The summed E-state index contributed by atoms with van der Waals surface area (Å²) in [6.07, 6.45) is 7.58. The van der Waals surface area contributed by atoms with E-state index < -0.39 is 0 Å². The molecule has 2 aliphatic rings. The highest BCUT2D eigenvalue weighted by Gasteiger charge is 2.36. The quantitative estimate of drug-likeness (QED) is 0.556. The molecule has 156 valence electrons. The predicted molar refractivity (Wildman–Crippen MR) is 116 cm³/mol. The number of fused-ring (bicyclic) bond motifs is 1. The van der Waals surface area contributed by atoms with Gasteiger partial charge in [0.05, 0.1) is 7.11 Å². The lowest BCUT2D eigenvalue weighted by Crippen LogP contribution is -2.36. The first kappa shape index (κ1) is 19.2. The van der Waals surface area contributed by atoms with Gasteiger partial charge in [0.25, 0.3) is 0 Å². The molecule has 0 bridgehead atoms. The van der Waals surface area contributed by atoms with E-state index >= 15 is 0 Å². The van der Waals surface area contributed by atoms with Gasteiger partial charge in [-0.25, -0.2) is 4.98 Å². The Bertz CT molecular complexity index is 1050. The average molecular weight is 405 g/mol. The second-order valence-electron chi connectivity index (χ2n) is 8.46. The number of hydrogen-bond donors (Lipinski definition) is 0. The summed E-state index contributed by atoms with van der Waals surface area (Å²) in [5.74, 6) is 1.99. The van der Waals surface area contributed by atoms with Crippen molar-refractivity contribution in [1.29, 1.82) is 0 Å². The molecule has 1 saturated heterocycles. The molecule has 0 spiro atoms. The lowest BCUT2D eigenvalue weighted by atomic mass is 9.88. The van der Waals surface area contributed by atoms with Gasteiger partial charge in [-0.1, -0.05) is 43.5 Å². The van der Waals surface area contributed by atoms with Crippen LogP contribution < -0.4 is 4.74 Å². The number of hydrogen-bond acceptors (Lipinski definition) is 4. The molecule has 1 saturated carbocycles. The Labute approximate surface area is 177 Å². The van der Waals surface area contributed by atoms with Crippen molar-refractivity contribution in [2.45, 2.75) is 51.0 Å². The molecular formula is C25H28N2O3. The Morgan fingerprint density at radius 3 is 2.73 bits per heavy atom. The molecule has 1 atom stereocenters. The summed E-state index contributed by atoms with van der Waals surface area (Å²) in [4.78, 5) is 20.0. The molecule has 1 amide bonds. The third-order valence-electron chi connectivity index (χ3n) is 6.60. The molecule has 5 nitrogen and oxygen atoms in total. The van der Waals surface area contributed by atoms with Crippen LogP contribution in [0.15, 0.2) is 46.9 Å². The predicted octanol–water partition coefficient (Wildman–Crippen LogP) is 5.75. The molecule has 2 aromatic carbocycles. The first-order valence-electron chi connectivity index (χ1n) is 11.1. The lowest BCUT2D eigenvalue weighted by Gasteiger charge is -2.29. The first-order valence-corrected chi connectivity index (χ1v) is 11.1. The van der Waals surface area contributed by atoms with Crippen LogP contribution >= 0.6 is 0 Å². The summed E-state index contributed by atoms with van der Waals surface area (Å²) in [5.41, 5.74) is 3.66. The summed E-state index contributed by atoms with van der Waals surface area (Å²) in [6.45, 7) is 0.811. The standard InChI is InChI=1S/C25H28N2O3/c1-29-22-12-6-5-10-19(22)18-13-14-23-20(16-18)26-24(30-23)21-11-7-15-27(21)25(28)17-8-3-2-4-9-17/h5-6,10,12-14,16-17,21H,2-4,7-9,11,15H2,1H3/t21-/m0/s1. The number of aromatic nitrogens is 1. The van der Waals surface area contributed by atoms with Crippen molar-refractivity contribution in [3.05, 3.63) is 48.4 Å². The fourth-order valence-electron chi connectivity index (χ4n) is 5.01. The highest BCUT2D eigenvalue weighted by molar-refractivity contribution is 5.83. The van der Waals surface area contributed by atoms with Gasteiger partial charge >= 0.3 is 0 Å². The molecule has 2 heterocycles. The van der Waals surface area contributed by atoms with Crippen molar-refractivity contribution >= 4 is 17.0 Å². The number of rotatable bonds is 4. The van der Waals surface area contributed by atoms with Crippen LogP contribution in [0.3, 0.4) is 0 Å². The second kappa shape index (κ2) is 8.13. The van der Waals surface area contributed by atoms with Gasteiger partial charge in [0, 0.05) is 18.0 Å². The van der Waals surface area contributed by atoms with Crippen LogP contribution in [0.4, 0.5) is 0 Å². The molecular weight excluding hydrogens is 376 g/mol. The minimum absolute atomic E-state index is 0.0402. The molecule has 3 aromatic rings. The van der Waals surface area contributed by atoms with E-state index in [1.54, 1.807) is 7.11 Å². The third kappa shape index (κ3) is 3.47. The average Bonchev–Trinajstić information content (AvgIpc) is 3.45. The highest BCUT2D eigenvalue weighted by Crippen LogP contribution is 2.38. The fraction of sp³-hybridized carbons (Fsp3) is 0.440. The van der Waals surface area contributed by atoms with Crippen LogP contribution in [0.25, 0.3) is 22.2 Å². The number of para-hydroxylation sites is 1. The first-order chi connectivity index (χ1) is 14.7. The molecule has 1 aliphatic carbocycles. The Morgan fingerprint density at radius 1 is 1.07 bits per heavy atom. The number of nitrogens with zero attached hydrogens (tertiary/aromatic N) is 2. The van der Waals surface area contributed by atoms with Gasteiger partial charge in [-0.05, 0) is 49.4 Å². The Kier molecular flexibility index (Phi) is 5.19. The van der Waals surface area contributed by atoms with E-state index in [9.17, 15) is 4.79 Å². The van der Waals surface area contributed by atoms with Crippen molar-refractivity contribution in [3.8, 4) is 16.9 Å². The fourth-order valence-corrected chi connectivity index (χ4v) is 5.01. The number of methoxy groups -OCH3 is 1. The number of benzene rings is 2. The van der Waals surface area contributed by atoms with E-state index in [1.807, 2.05) is 47.4 Å². The molecule has 1 aliphatic heterocycles. The maximum Gasteiger partial charge on any atom is 0.226 e. The number of amides is 1. The van der Waals surface area contributed by atoms with Crippen LogP contribution in [0, 0.1) is 5.92 Å². The zero-order valence-corrected chi connectivity index (χ0v) is 17.5. The van der Waals surface area contributed by atoms with E-state index in [0.717, 1.165) is 60.2 Å². The zero-order valence-electron chi connectivity index (χ0n) is 17.5. The molecule has 5 heteroatoms. The van der Waals surface area contributed by atoms with Gasteiger partial charge in [0.15, 0.2) is 5.58 Å². The van der Waals surface area contributed by atoms with E-state index in [2.05, 4.69) is 0 Å². The van der Waals surface area contributed by atoms with Gasteiger partial charge in [-0.2, -0.15) is 0 Å². The molecule has 0 unspecified atom stereocenters. The van der Waals surface area contributed by atoms with Gasteiger partial charge < -0.3 is 14.1 Å². The summed E-state index contributed by atoms with van der Waals surface area (Å²) < 4.78 is 11.6. The molecule has 0 N–H and O–H groups in total. The van der Waals surface area contributed by atoms with Crippen molar-refractivity contribution in [3.63, 3.8) is 0 Å². The molecule has 2 fully saturated rings. The number of oxazole rings is 1. The minimum Gasteiger partial charge on any atom is -0.496 e. The van der Waals surface area contributed by atoms with Gasteiger partial charge in [-0.15, -0.1) is 0 Å². The van der Waals surface area contributed by atoms with Crippen molar-refractivity contribution in [2.24, 2.45) is 5.92 Å². The maximum atomic E-state index is 13.2. The number of likely N-dealkylation sites (tertiary alicyclic amines) is 1. The van der Waals surface area contributed by atoms with E-state index in [4.69, 9.17) is 14.1 Å². The Balaban J connectivity index is 1.44. The summed E-state index contributed by atoms with van der Waals surface area (Å²) >= 11 is 0. The van der Waals surface area contributed by atoms with Crippen LogP contribution in [0.1, 0.15) is 56.9 Å². The summed E-state index contributed by atoms with van der Waals surface area (Å²) in [6, 6.07) is 14.0. The zero-order chi connectivity index (χ0) is 20.5. The maximum absolute atomic E-state index is 13.2. The van der Waals surface area contributed by atoms with Gasteiger partial charge in [0.1, 0.15) is 17.3 Å². The van der Waals surface area contributed by atoms with Crippen LogP contribution in [-0.4, -0.2) is 29.4 Å². The van der Waals surface area contributed by atoms with Crippen molar-refractivity contribution in [1.82, 2.24) is 9.88 Å². The summed E-state index contributed by atoms with van der Waals surface area (Å²) in [7, 11) is 1.68. The van der Waals surface area contributed by atoms with Gasteiger partial charge in [-0.3, -0.25) is 4.79 Å². The van der Waals surface area contributed by atoms with Crippen LogP contribution in [0.2, 0.25) is 0 Å². The molecule has 1 aromatic heterocycles. The Hall–Kier alpha value is -2.82. The van der Waals surface area contributed by atoms with E-state index in [0.29, 0.717) is 11.8 Å². The van der Waals surface area contributed by atoms with Crippen LogP contribution in [0.5, 0.6) is 5.75 Å². The topological polar surface area (TPSA) is 55.6 Å². The summed E-state index contributed by atoms with van der Waals surface area (Å²) in [5, 5.41) is 0. The van der Waals surface area contributed by atoms with E-state index in [-0.39, 0.29) is 12.0 Å². The monoisotopic (exact) mass is 404 g/mol. The van der Waals surface area contributed by atoms with Crippen molar-refractivity contribution in [2.75, 3.05) is 13.7 Å². The largest absolute Gasteiger partial charge is 0.496 e. The van der Waals surface area contributed by atoms with Crippen LogP contribution in [-0.2, 0) is 4.79 Å². The van der Waals surface area contributed by atoms with Crippen molar-refractivity contribution < 1.29 is 13.9 Å². The third-order valence-corrected chi connectivity index (χ3v) is 6.60. The Morgan fingerprint density at radius 2 is 1.90 bits per heavy atom. The SMILES string of the molecule is COc1ccccc1-c1ccc2oc([C@@H]3CCCN3C(=O)C3CCCCC3)nc2c1. The molecule has 0 radical (unpaired) electrons. The molecule has 30 heavy (non-hydrogen) atoms. The normalized spacial score (nSPS) is 20.0.